The Balaban J connectivity index is 1.31. The predicted molar refractivity (Wildman–Crippen MR) is 163 cm³/mol. The van der Waals surface area contributed by atoms with Crippen LogP contribution in [0.5, 0.6) is 11.5 Å². The fourth-order valence-electron chi connectivity index (χ4n) is 4.45. The third-order valence-corrected chi connectivity index (χ3v) is 6.60. The van der Waals surface area contributed by atoms with Crippen LogP contribution in [0.1, 0.15) is 18.9 Å². The Morgan fingerprint density at radius 3 is 2.44 bits per heavy atom. The summed E-state index contributed by atoms with van der Waals surface area (Å²) < 4.78 is 11.7. The predicted octanol–water partition coefficient (Wildman–Crippen LogP) is 5.02. The van der Waals surface area contributed by atoms with Gasteiger partial charge in [0.2, 0.25) is 0 Å². The smallest absolute Gasteiger partial charge is 0.323 e. The molecule has 0 aliphatic carbocycles. The van der Waals surface area contributed by atoms with E-state index < -0.39 is 0 Å². The van der Waals surface area contributed by atoms with Crippen molar-refractivity contribution in [1.82, 2.24) is 14.9 Å². The number of carbonyl (C=O) groups excluding carboxylic acids is 1. The summed E-state index contributed by atoms with van der Waals surface area (Å²) >= 11 is 0. The number of carbonyl (C=O) groups is 1. The molecule has 4 rings (SSSR count). The van der Waals surface area contributed by atoms with Crippen LogP contribution in [0.2, 0.25) is 0 Å². The van der Waals surface area contributed by atoms with Crippen molar-refractivity contribution in [3.05, 3.63) is 78.6 Å². The van der Waals surface area contributed by atoms with Gasteiger partial charge in [-0.05, 0) is 49.2 Å². The highest BCUT2D eigenvalue weighted by atomic mass is 16.5. The molecule has 0 aliphatic rings. The summed E-state index contributed by atoms with van der Waals surface area (Å²) in [6.07, 6.45) is 3.14. The van der Waals surface area contributed by atoms with Crippen LogP contribution in [-0.2, 0) is 6.42 Å². The Morgan fingerprint density at radius 2 is 1.73 bits per heavy atom. The minimum atomic E-state index is -0.287. The van der Waals surface area contributed by atoms with Gasteiger partial charge in [0.25, 0.3) is 0 Å². The van der Waals surface area contributed by atoms with Gasteiger partial charge < -0.3 is 35.4 Å². The molecule has 2 amide bonds. The molecule has 10 nitrogen and oxygen atoms in total. The third kappa shape index (κ3) is 8.79. The zero-order valence-corrected chi connectivity index (χ0v) is 23.6. The second kappa shape index (κ2) is 15.4. The molecule has 10 heteroatoms. The Kier molecular flexibility index (Phi) is 11.1. The molecule has 1 aromatic heterocycles. The van der Waals surface area contributed by atoms with E-state index in [1.807, 2.05) is 66.7 Å². The average Bonchev–Trinajstić information content (AvgIpc) is 2.99. The molecule has 0 fully saturated rings. The number of hydrogen-bond donors (Lipinski definition) is 4. The van der Waals surface area contributed by atoms with Crippen molar-refractivity contribution in [1.29, 1.82) is 0 Å². The minimum absolute atomic E-state index is 0.159. The zero-order valence-electron chi connectivity index (χ0n) is 23.6. The van der Waals surface area contributed by atoms with E-state index >= 15 is 0 Å². The van der Waals surface area contributed by atoms with Crippen LogP contribution in [0, 0.1) is 0 Å². The van der Waals surface area contributed by atoms with Crippen molar-refractivity contribution in [2.75, 3.05) is 62.5 Å². The lowest BCUT2D eigenvalue weighted by Crippen LogP contribution is -2.28. The maximum Gasteiger partial charge on any atom is 0.323 e. The number of ether oxygens (including phenoxy) is 2. The van der Waals surface area contributed by atoms with Crippen LogP contribution in [0.3, 0.4) is 0 Å². The number of rotatable bonds is 15. The van der Waals surface area contributed by atoms with Crippen LogP contribution in [0.25, 0.3) is 10.9 Å². The van der Waals surface area contributed by atoms with Crippen molar-refractivity contribution in [3.8, 4) is 11.5 Å². The van der Waals surface area contributed by atoms with Crippen molar-refractivity contribution in [2.24, 2.45) is 0 Å². The van der Waals surface area contributed by atoms with Gasteiger partial charge >= 0.3 is 6.03 Å². The molecule has 0 unspecified atom stereocenters. The summed E-state index contributed by atoms with van der Waals surface area (Å²) in [6.45, 7) is 5.87. The molecule has 3 aromatic carbocycles. The number of aliphatic hydroxyl groups is 1. The first-order chi connectivity index (χ1) is 20.1. The fraction of sp³-hybridized carbons (Fsp3) is 0.323. The van der Waals surface area contributed by atoms with Crippen LogP contribution >= 0.6 is 0 Å². The van der Waals surface area contributed by atoms with E-state index in [0.29, 0.717) is 42.7 Å². The van der Waals surface area contributed by atoms with E-state index in [2.05, 4.69) is 37.7 Å². The highest BCUT2D eigenvalue weighted by Gasteiger charge is 2.13. The van der Waals surface area contributed by atoms with Gasteiger partial charge in [-0.3, -0.25) is 0 Å². The molecule has 0 saturated carbocycles. The van der Waals surface area contributed by atoms with Crippen molar-refractivity contribution in [3.63, 3.8) is 0 Å². The SMILES string of the molecule is CCN(CCO)CCCOc1cc(OC)c2c(NCCc3ccc(NC(=O)Nc4ccccc4)cc3)ncnc2c1. The van der Waals surface area contributed by atoms with E-state index in [0.717, 1.165) is 48.1 Å². The van der Waals surface area contributed by atoms with Gasteiger partial charge in [-0.15, -0.1) is 0 Å². The maximum absolute atomic E-state index is 12.2. The lowest BCUT2D eigenvalue weighted by Gasteiger charge is -2.19. The standard InChI is InChI=1S/C31H38N6O4/c1-3-37(17-18-38)16-7-19-41-26-20-27-29(28(21-26)40-2)30(34-22-33-27)32-15-14-23-10-12-25(13-11-23)36-31(39)35-24-8-5-4-6-9-24/h4-6,8-13,20-22,38H,3,7,14-19H2,1-2H3,(H,32,33,34)(H2,35,36,39). The number of hydrogen-bond acceptors (Lipinski definition) is 8. The van der Waals surface area contributed by atoms with E-state index in [9.17, 15) is 4.79 Å². The van der Waals surface area contributed by atoms with Gasteiger partial charge in [0.15, 0.2) is 0 Å². The molecule has 216 valence electrons. The monoisotopic (exact) mass is 558 g/mol. The van der Waals surface area contributed by atoms with E-state index in [1.165, 1.54) is 6.33 Å². The van der Waals surface area contributed by atoms with E-state index in [-0.39, 0.29) is 12.6 Å². The maximum atomic E-state index is 12.2. The quantitative estimate of drug-likeness (QED) is 0.150. The van der Waals surface area contributed by atoms with Gasteiger partial charge in [0, 0.05) is 43.1 Å². The third-order valence-electron chi connectivity index (χ3n) is 6.60. The molecule has 0 aliphatic heterocycles. The van der Waals surface area contributed by atoms with Crippen molar-refractivity contribution >= 4 is 34.1 Å². The molecule has 4 N–H and O–H groups in total. The highest BCUT2D eigenvalue weighted by molar-refractivity contribution is 5.99. The van der Waals surface area contributed by atoms with Gasteiger partial charge in [0.05, 0.1) is 31.2 Å². The van der Waals surface area contributed by atoms with Gasteiger partial charge in [-0.2, -0.15) is 0 Å². The number of urea groups is 1. The van der Waals surface area contributed by atoms with Gasteiger partial charge in [-0.25, -0.2) is 14.8 Å². The molecule has 0 radical (unpaired) electrons. The summed E-state index contributed by atoms with van der Waals surface area (Å²) in [5.74, 6) is 2.02. The summed E-state index contributed by atoms with van der Waals surface area (Å²) in [4.78, 5) is 23.3. The molecule has 41 heavy (non-hydrogen) atoms. The number of para-hydroxylation sites is 1. The van der Waals surface area contributed by atoms with Crippen LogP contribution in [0.4, 0.5) is 22.0 Å². The molecule has 0 saturated heterocycles. The number of fused-ring (bicyclic) bond motifs is 1. The number of likely N-dealkylation sites (N-methyl/N-ethyl adjacent to an activating group) is 1. The Morgan fingerprint density at radius 1 is 0.976 bits per heavy atom. The number of anilines is 3. The summed E-state index contributed by atoms with van der Waals surface area (Å²) in [5, 5.41) is 19.0. The minimum Gasteiger partial charge on any atom is -0.496 e. The number of aromatic nitrogens is 2. The van der Waals surface area contributed by atoms with Gasteiger partial charge in [-0.1, -0.05) is 37.3 Å². The number of methoxy groups -OCH3 is 1. The first kappa shape index (κ1) is 29.6. The second-order valence-corrected chi connectivity index (χ2v) is 9.42. The summed E-state index contributed by atoms with van der Waals surface area (Å²) in [6, 6.07) is 20.5. The van der Waals surface area contributed by atoms with E-state index in [4.69, 9.17) is 14.6 Å². The lowest BCUT2D eigenvalue weighted by molar-refractivity contribution is 0.189. The Bertz CT molecular complexity index is 1390. The first-order valence-electron chi connectivity index (χ1n) is 13.8. The lowest BCUT2D eigenvalue weighted by atomic mass is 10.1. The normalized spacial score (nSPS) is 10.9. The van der Waals surface area contributed by atoms with E-state index in [1.54, 1.807) is 7.11 Å². The molecule has 0 bridgehead atoms. The molecule has 0 atom stereocenters. The summed E-state index contributed by atoms with van der Waals surface area (Å²) in [7, 11) is 1.62. The van der Waals surface area contributed by atoms with Crippen LogP contribution < -0.4 is 25.4 Å². The molecular formula is C31H38N6O4. The second-order valence-electron chi connectivity index (χ2n) is 9.42. The van der Waals surface area contributed by atoms with Gasteiger partial charge in [0.1, 0.15) is 23.6 Å². The number of aliphatic hydroxyl groups excluding tert-OH is 1. The zero-order chi connectivity index (χ0) is 28.9. The van der Waals surface area contributed by atoms with Crippen molar-refractivity contribution in [2.45, 2.75) is 19.8 Å². The highest BCUT2D eigenvalue weighted by Crippen LogP contribution is 2.34. The molecule has 0 spiro atoms. The number of benzene rings is 3. The molecule has 1 heterocycles. The van der Waals surface area contributed by atoms with Crippen LogP contribution in [0.15, 0.2) is 73.1 Å². The Hall–Kier alpha value is -4.41. The first-order valence-corrected chi connectivity index (χ1v) is 13.8. The fourth-order valence-corrected chi connectivity index (χ4v) is 4.45. The summed E-state index contributed by atoms with van der Waals surface area (Å²) in [5.41, 5.74) is 3.30. The average molecular weight is 559 g/mol. The topological polar surface area (TPSA) is 121 Å². The largest absolute Gasteiger partial charge is 0.496 e. The Labute approximate surface area is 240 Å². The number of nitrogens with one attached hydrogen (secondary N) is 3. The number of nitrogens with zero attached hydrogens (tertiary/aromatic N) is 3. The van der Waals surface area contributed by atoms with Crippen molar-refractivity contribution < 1.29 is 19.4 Å². The van der Waals surface area contributed by atoms with Crippen LogP contribution in [-0.4, -0.2) is 72.5 Å². The molecule has 4 aromatic rings. The number of amides is 2. The molecular weight excluding hydrogens is 520 g/mol.